The zero-order valence-electron chi connectivity index (χ0n) is 18.0. The maximum atomic E-state index is 12.7. The van der Waals surface area contributed by atoms with E-state index < -0.39 is 0 Å². The van der Waals surface area contributed by atoms with Crippen LogP contribution < -0.4 is 15.5 Å². The lowest BCUT2D eigenvalue weighted by atomic mass is 9.79. The highest BCUT2D eigenvalue weighted by Gasteiger charge is 2.32. The Labute approximate surface area is 186 Å². The molecule has 2 aromatic rings. The van der Waals surface area contributed by atoms with Crippen LogP contribution >= 0.6 is 12.4 Å². The number of methoxy groups -OCH3 is 1. The van der Waals surface area contributed by atoms with Crippen molar-refractivity contribution in [3.8, 4) is 0 Å². The highest BCUT2D eigenvalue weighted by atomic mass is 35.5. The predicted molar refractivity (Wildman–Crippen MR) is 126 cm³/mol. The van der Waals surface area contributed by atoms with Gasteiger partial charge in [0.2, 0.25) is 0 Å². The van der Waals surface area contributed by atoms with Crippen molar-refractivity contribution in [2.24, 2.45) is 5.41 Å². The second kappa shape index (κ2) is 11.9. The number of hydrogen-bond acceptors (Lipinski definition) is 4. The first kappa shape index (κ1) is 24.2. The van der Waals surface area contributed by atoms with Gasteiger partial charge in [-0.25, -0.2) is 0 Å². The van der Waals surface area contributed by atoms with Crippen molar-refractivity contribution in [1.29, 1.82) is 0 Å². The van der Waals surface area contributed by atoms with Gasteiger partial charge in [-0.05, 0) is 62.7 Å². The molecule has 5 nitrogen and oxygen atoms in total. The number of ether oxygens (including phenoxy) is 1. The summed E-state index contributed by atoms with van der Waals surface area (Å²) in [5, 5.41) is 6.52. The van der Waals surface area contributed by atoms with E-state index >= 15 is 0 Å². The standard InChI is InChI=1S/C24H33N3O2.ClH/c1-3-27(17-20-7-5-4-6-8-20)22-11-9-21(10-12-22)23(28)26-18-24(19-29-2)13-15-25-16-14-24;/h4-12,25H,3,13-19H2,1-2H3,(H,26,28);1H. The third-order valence-corrected chi connectivity index (χ3v) is 5.83. The first-order valence-electron chi connectivity index (χ1n) is 10.5. The number of nitrogens with zero attached hydrogens (tertiary/aromatic N) is 1. The van der Waals surface area contributed by atoms with Crippen molar-refractivity contribution in [3.63, 3.8) is 0 Å². The normalized spacial score (nSPS) is 15.1. The van der Waals surface area contributed by atoms with E-state index in [1.165, 1.54) is 5.56 Å². The second-order valence-electron chi connectivity index (χ2n) is 7.91. The van der Waals surface area contributed by atoms with Crippen LogP contribution in [-0.2, 0) is 11.3 Å². The molecule has 0 atom stereocenters. The molecule has 30 heavy (non-hydrogen) atoms. The van der Waals surface area contributed by atoms with Crippen LogP contribution in [-0.4, -0.2) is 45.8 Å². The zero-order valence-corrected chi connectivity index (χ0v) is 18.8. The minimum Gasteiger partial charge on any atom is -0.384 e. The largest absolute Gasteiger partial charge is 0.384 e. The van der Waals surface area contributed by atoms with Crippen LogP contribution in [0.15, 0.2) is 54.6 Å². The van der Waals surface area contributed by atoms with Gasteiger partial charge in [0.05, 0.1) is 6.61 Å². The Morgan fingerprint density at radius 2 is 1.77 bits per heavy atom. The van der Waals surface area contributed by atoms with E-state index in [1.807, 2.05) is 30.3 Å². The fourth-order valence-corrected chi connectivity index (χ4v) is 4.02. The molecule has 1 aliphatic rings. The molecule has 1 heterocycles. The molecule has 0 aliphatic carbocycles. The van der Waals surface area contributed by atoms with Gasteiger partial charge in [-0.1, -0.05) is 30.3 Å². The average Bonchev–Trinajstić information content (AvgIpc) is 2.77. The van der Waals surface area contributed by atoms with Crippen LogP contribution in [0.1, 0.15) is 35.7 Å². The second-order valence-corrected chi connectivity index (χ2v) is 7.91. The van der Waals surface area contributed by atoms with Crippen molar-refractivity contribution >= 4 is 24.0 Å². The van der Waals surface area contributed by atoms with Crippen LogP contribution in [0.25, 0.3) is 0 Å². The summed E-state index contributed by atoms with van der Waals surface area (Å²) in [4.78, 5) is 15.0. The van der Waals surface area contributed by atoms with Crippen LogP contribution in [0.3, 0.4) is 0 Å². The Bertz CT molecular complexity index is 756. The monoisotopic (exact) mass is 431 g/mol. The summed E-state index contributed by atoms with van der Waals surface area (Å²) < 4.78 is 5.44. The topological polar surface area (TPSA) is 53.6 Å². The molecule has 1 aliphatic heterocycles. The number of rotatable bonds is 9. The SMILES string of the molecule is CCN(Cc1ccccc1)c1ccc(C(=O)NCC2(COC)CCNCC2)cc1.Cl. The minimum atomic E-state index is -0.0170. The van der Waals surface area contributed by atoms with Crippen LogP contribution in [0.4, 0.5) is 5.69 Å². The highest BCUT2D eigenvalue weighted by molar-refractivity contribution is 5.94. The van der Waals surface area contributed by atoms with Crippen molar-refractivity contribution in [2.45, 2.75) is 26.3 Å². The van der Waals surface area contributed by atoms with Crippen molar-refractivity contribution < 1.29 is 9.53 Å². The number of halogens is 1. The van der Waals surface area contributed by atoms with E-state index in [0.29, 0.717) is 18.7 Å². The van der Waals surface area contributed by atoms with Crippen LogP contribution in [0, 0.1) is 5.41 Å². The lowest BCUT2D eigenvalue weighted by molar-refractivity contribution is 0.0512. The van der Waals surface area contributed by atoms with E-state index in [2.05, 4.69) is 46.7 Å². The van der Waals surface area contributed by atoms with E-state index in [-0.39, 0.29) is 23.7 Å². The summed E-state index contributed by atoms with van der Waals surface area (Å²) in [7, 11) is 1.74. The van der Waals surface area contributed by atoms with Gasteiger partial charge >= 0.3 is 0 Å². The van der Waals surface area contributed by atoms with E-state index in [9.17, 15) is 4.79 Å². The van der Waals surface area contributed by atoms with Gasteiger partial charge in [0.15, 0.2) is 0 Å². The first-order chi connectivity index (χ1) is 14.2. The molecule has 164 valence electrons. The highest BCUT2D eigenvalue weighted by Crippen LogP contribution is 2.28. The van der Waals surface area contributed by atoms with Gasteiger partial charge in [0.25, 0.3) is 5.91 Å². The predicted octanol–water partition coefficient (Wildman–Crippen LogP) is 3.88. The zero-order chi connectivity index (χ0) is 20.5. The molecule has 1 amide bonds. The van der Waals surface area contributed by atoms with E-state index in [0.717, 1.165) is 44.7 Å². The summed E-state index contributed by atoms with van der Waals surface area (Å²) in [5.41, 5.74) is 3.14. The molecule has 0 radical (unpaired) electrons. The number of piperidine rings is 1. The Morgan fingerprint density at radius 3 is 2.37 bits per heavy atom. The Hall–Kier alpha value is -2.08. The molecule has 1 fully saturated rings. The fourth-order valence-electron chi connectivity index (χ4n) is 4.02. The molecule has 0 aromatic heterocycles. The molecular weight excluding hydrogens is 398 g/mol. The summed E-state index contributed by atoms with van der Waals surface area (Å²) in [6, 6.07) is 18.4. The summed E-state index contributed by atoms with van der Waals surface area (Å²) in [6.07, 6.45) is 2.04. The molecule has 0 bridgehead atoms. The number of hydrogen-bond donors (Lipinski definition) is 2. The summed E-state index contributed by atoms with van der Waals surface area (Å²) in [6.45, 7) is 7.20. The minimum absolute atomic E-state index is 0. The molecule has 0 unspecified atom stereocenters. The van der Waals surface area contributed by atoms with Gasteiger partial charge in [0.1, 0.15) is 0 Å². The average molecular weight is 432 g/mol. The molecule has 0 saturated carbocycles. The number of amides is 1. The van der Waals surface area contributed by atoms with Crippen molar-refractivity contribution in [3.05, 3.63) is 65.7 Å². The summed E-state index contributed by atoms with van der Waals surface area (Å²) >= 11 is 0. The number of nitrogens with one attached hydrogen (secondary N) is 2. The number of anilines is 1. The van der Waals surface area contributed by atoms with Crippen molar-refractivity contribution in [1.82, 2.24) is 10.6 Å². The maximum absolute atomic E-state index is 12.7. The molecule has 2 N–H and O–H groups in total. The quantitative estimate of drug-likeness (QED) is 0.632. The molecular formula is C24H34ClN3O2. The fraction of sp³-hybridized carbons (Fsp3) is 0.458. The number of carbonyl (C=O) groups excluding carboxylic acids is 1. The number of benzene rings is 2. The van der Waals surface area contributed by atoms with Gasteiger partial charge in [0, 0.05) is 43.4 Å². The van der Waals surface area contributed by atoms with Crippen molar-refractivity contribution in [2.75, 3.05) is 44.8 Å². The van der Waals surface area contributed by atoms with E-state index in [1.54, 1.807) is 7.11 Å². The molecule has 1 saturated heterocycles. The lowest BCUT2D eigenvalue weighted by Crippen LogP contribution is -2.47. The van der Waals surface area contributed by atoms with Crippen LogP contribution in [0.2, 0.25) is 0 Å². The molecule has 3 rings (SSSR count). The third kappa shape index (κ3) is 6.46. The lowest BCUT2D eigenvalue weighted by Gasteiger charge is -2.37. The summed E-state index contributed by atoms with van der Waals surface area (Å²) in [5.74, 6) is -0.0170. The smallest absolute Gasteiger partial charge is 0.251 e. The Balaban J connectivity index is 0.00000320. The Morgan fingerprint density at radius 1 is 1.10 bits per heavy atom. The van der Waals surface area contributed by atoms with Gasteiger partial charge in [-0.3, -0.25) is 4.79 Å². The van der Waals surface area contributed by atoms with Gasteiger partial charge in [-0.2, -0.15) is 0 Å². The van der Waals surface area contributed by atoms with E-state index in [4.69, 9.17) is 4.74 Å². The Kier molecular flexibility index (Phi) is 9.63. The maximum Gasteiger partial charge on any atom is 0.251 e. The third-order valence-electron chi connectivity index (χ3n) is 5.83. The number of carbonyl (C=O) groups is 1. The molecule has 0 spiro atoms. The van der Waals surface area contributed by atoms with Gasteiger partial charge < -0.3 is 20.3 Å². The van der Waals surface area contributed by atoms with Gasteiger partial charge in [-0.15, -0.1) is 12.4 Å². The molecule has 2 aromatic carbocycles. The van der Waals surface area contributed by atoms with Crippen LogP contribution in [0.5, 0.6) is 0 Å². The molecule has 6 heteroatoms. The first-order valence-corrected chi connectivity index (χ1v) is 10.5.